The van der Waals surface area contributed by atoms with Gasteiger partial charge in [0, 0.05) is 18.0 Å². The van der Waals surface area contributed by atoms with Crippen LogP contribution in [-0.2, 0) is 0 Å². The highest BCUT2D eigenvalue weighted by Gasteiger charge is 2.25. The molecule has 0 radical (unpaired) electrons. The summed E-state index contributed by atoms with van der Waals surface area (Å²) in [6.45, 7) is 7.13. The lowest BCUT2D eigenvalue weighted by molar-refractivity contribution is 0.295. The average molecular weight is 275 g/mol. The Morgan fingerprint density at radius 2 is 1.95 bits per heavy atom. The fourth-order valence-corrected chi connectivity index (χ4v) is 3.29. The Bertz CT molecular complexity index is 464. The molecule has 0 aromatic heterocycles. The number of rotatable bonds is 2. The van der Waals surface area contributed by atoms with Gasteiger partial charge in [0.2, 0.25) is 0 Å². The molecule has 1 fully saturated rings. The molecule has 110 valence electrons. The molecule has 1 aromatic rings. The number of ether oxygens (including phenoxy) is 2. The minimum Gasteiger partial charge on any atom is -0.490 e. The van der Waals surface area contributed by atoms with Gasteiger partial charge in [-0.25, -0.2) is 0 Å². The molecule has 1 saturated heterocycles. The zero-order chi connectivity index (χ0) is 13.9. The number of benzene rings is 1. The smallest absolute Gasteiger partial charge is 0.164 e. The summed E-state index contributed by atoms with van der Waals surface area (Å²) in [5, 5.41) is 3.66. The van der Waals surface area contributed by atoms with Gasteiger partial charge < -0.3 is 14.8 Å². The van der Waals surface area contributed by atoms with Gasteiger partial charge in [0.25, 0.3) is 0 Å². The van der Waals surface area contributed by atoms with E-state index in [9.17, 15) is 0 Å². The summed E-state index contributed by atoms with van der Waals surface area (Å²) in [6.07, 6.45) is 4.78. The SMILES string of the molecule is CC(C)c1c(C2CCCCN2)ccc2c1OCCCO2. The van der Waals surface area contributed by atoms with Crippen LogP contribution in [0.25, 0.3) is 0 Å². The summed E-state index contributed by atoms with van der Waals surface area (Å²) in [5.74, 6) is 2.36. The van der Waals surface area contributed by atoms with Crippen molar-refractivity contribution < 1.29 is 9.47 Å². The van der Waals surface area contributed by atoms with Crippen LogP contribution in [-0.4, -0.2) is 19.8 Å². The van der Waals surface area contributed by atoms with E-state index < -0.39 is 0 Å². The van der Waals surface area contributed by atoms with Crippen molar-refractivity contribution in [1.82, 2.24) is 5.32 Å². The third-order valence-electron chi connectivity index (χ3n) is 4.25. The molecule has 0 spiro atoms. The molecule has 0 aliphatic carbocycles. The molecule has 1 unspecified atom stereocenters. The van der Waals surface area contributed by atoms with Crippen molar-refractivity contribution in [1.29, 1.82) is 0 Å². The number of nitrogens with one attached hydrogen (secondary N) is 1. The Morgan fingerprint density at radius 3 is 2.70 bits per heavy atom. The minimum absolute atomic E-state index is 0.449. The third-order valence-corrected chi connectivity index (χ3v) is 4.25. The molecule has 3 rings (SSSR count). The summed E-state index contributed by atoms with van der Waals surface area (Å²) in [5.41, 5.74) is 2.74. The Kier molecular flexibility index (Phi) is 4.16. The van der Waals surface area contributed by atoms with Crippen molar-refractivity contribution in [2.45, 2.75) is 51.5 Å². The monoisotopic (exact) mass is 275 g/mol. The zero-order valence-electron chi connectivity index (χ0n) is 12.6. The normalized spacial score (nSPS) is 22.6. The third kappa shape index (κ3) is 2.64. The van der Waals surface area contributed by atoms with Crippen LogP contribution in [0, 0.1) is 0 Å². The largest absolute Gasteiger partial charge is 0.490 e. The van der Waals surface area contributed by atoms with Gasteiger partial charge in [-0.05, 0) is 36.9 Å². The molecule has 0 bridgehead atoms. The quantitative estimate of drug-likeness (QED) is 0.891. The molecule has 3 heteroatoms. The molecule has 1 atom stereocenters. The van der Waals surface area contributed by atoms with Gasteiger partial charge in [-0.15, -0.1) is 0 Å². The standard InChI is InChI=1S/C17H25NO2/c1-12(2)16-13(14-6-3-4-9-18-14)7-8-15-17(16)20-11-5-10-19-15/h7-8,12,14,18H,3-6,9-11H2,1-2H3. The lowest BCUT2D eigenvalue weighted by Crippen LogP contribution is -2.28. The number of hydrogen-bond donors (Lipinski definition) is 1. The highest BCUT2D eigenvalue weighted by Crippen LogP contribution is 2.42. The maximum Gasteiger partial charge on any atom is 0.164 e. The second-order valence-corrected chi connectivity index (χ2v) is 6.10. The summed E-state index contributed by atoms with van der Waals surface area (Å²) >= 11 is 0. The Balaban J connectivity index is 2.02. The molecule has 0 amide bonds. The van der Waals surface area contributed by atoms with E-state index in [-0.39, 0.29) is 0 Å². The summed E-state index contributed by atoms with van der Waals surface area (Å²) in [4.78, 5) is 0. The van der Waals surface area contributed by atoms with Crippen LogP contribution in [0.3, 0.4) is 0 Å². The van der Waals surface area contributed by atoms with E-state index in [4.69, 9.17) is 9.47 Å². The van der Waals surface area contributed by atoms with E-state index in [1.807, 2.05) is 0 Å². The second kappa shape index (κ2) is 6.04. The minimum atomic E-state index is 0.449. The molecule has 1 N–H and O–H groups in total. The van der Waals surface area contributed by atoms with E-state index in [2.05, 4.69) is 31.3 Å². The van der Waals surface area contributed by atoms with E-state index in [1.165, 1.54) is 30.4 Å². The Labute approximate surface area is 121 Å². The van der Waals surface area contributed by atoms with Gasteiger partial charge in [-0.2, -0.15) is 0 Å². The molecule has 2 heterocycles. The summed E-state index contributed by atoms with van der Waals surface area (Å²) in [6, 6.07) is 4.81. The van der Waals surface area contributed by atoms with Gasteiger partial charge in [0.1, 0.15) is 0 Å². The van der Waals surface area contributed by atoms with Gasteiger partial charge in [-0.1, -0.05) is 26.3 Å². The van der Waals surface area contributed by atoms with Crippen molar-refractivity contribution >= 4 is 0 Å². The molecule has 2 aliphatic heterocycles. The highest BCUT2D eigenvalue weighted by molar-refractivity contribution is 5.53. The first kappa shape index (κ1) is 13.7. The van der Waals surface area contributed by atoms with E-state index in [0.717, 1.165) is 37.7 Å². The van der Waals surface area contributed by atoms with Crippen molar-refractivity contribution in [2.75, 3.05) is 19.8 Å². The average Bonchev–Trinajstić information content (AvgIpc) is 2.72. The molecule has 0 saturated carbocycles. The first-order chi connectivity index (χ1) is 9.77. The Morgan fingerprint density at radius 1 is 1.10 bits per heavy atom. The van der Waals surface area contributed by atoms with Gasteiger partial charge >= 0.3 is 0 Å². The van der Waals surface area contributed by atoms with Crippen LogP contribution in [0.15, 0.2) is 12.1 Å². The molecule has 1 aromatic carbocycles. The van der Waals surface area contributed by atoms with Gasteiger partial charge in [-0.3, -0.25) is 0 Å². The maximum absolute atomic E-state index is 6.02. The molecule has 2 aliphatic rings. The first-order valence-electron chi connectivity index (χ1n) is 7.93. The van der Waals surface area contributed by atoms with Gasteiger partial charge in [0.05, 0.1) is 13.2 Å². The number of hydrogen-bond acceptors (Lipinski definition) is 3. The summed E-state index contributed by atoms with van der Waals surface area (Å²) < 4.78 is 11.9. The highest BCUT2D eigenvalue weighted by atomic mass is 16.5. The number of piperidine rings is 1. The van der Waals surface area contributed by atoms with E-state index in [0.29, 0.717) is 12.0 Å². The lowest BCUT2D eigenvalue weighted by atomic mass is 9.88. The van der Waals surface area contributed by atoms with Gasteiger partial charge in [0.15, 0.2) is 11.5 Å². The molecule has 20 heavy (non-hydrogen) atoms. The van der Waals surface area contributed by atoms with Crippen molar-refractivity contribution in [3.63, 3.8) is 0 Å². The van der Waals surface area contributed by atoms with Crippen LogP contribution in [0.5, 0.6) is 11.5 Å². The number of fused-ring (bicyclic) bond motifs is 1. The van der Waals surface area contributed by atoms with Crippen LogP contribution < -0.4 is 14.8 Å². The zero-order valence-corrected chi connectivity index (χ0v) is 12.6. The summed E-state index contributed by atoms with van der Waals surface area (Å²) in [7, 11) is 0. The van der Waals surface area contributed by atoms with Crippen molar-refractivity contribution in [2.24, 2.45) is 0 Å². The fraction of sp³-hybridized carbons (Fsp3) is 0.647. The van der Waals surface area contributed by atoms with Crippen molar-refractivity contribution in [3.05, 3.63) is 23.3 Å². The molecule has 3 nitrogen and oxygen atoms in total. The predicted octanol–water partition coefficient (Wildman–Crippen LogP) is 3.79. The second-order valence-electron chi connectivity index (χ2n) is 6.10. The molecular weight excluding hydrogens is 250 g/mol. The van der Waals surface area contributed by atoms with Crippen LogP contribution in [0.4, 0.5) is 0 Å². The van der Waals surface area contributed by atoms with Crippen LogP contribution in [0.1, 0.15) is 62.6 Å². The van der Waals surface area contributed by atoms with E-state index >= 15 is 0 Å². The van der Waals surface area contributed by atoms with Crippen molar-refractivity contribution in [3.8, 4) is 11.5 Å². The maximum atomic E-state index is 6.02. The lowest BCUT2D eigenvalue weighted by Gasteiger charge is -2.28. The topological polar surface area (TPSA) is 30.5 Å². The first-order valence-corrected chi connectivity index (χ1v) is 7.93. The van der Waals surface area contributed by atoms with Crippen LogP contribution in [0.2, 0.25) is 0 Å². The Hall–Kier alpha value is -1.22. The molecular formula is C17H25NO2. The fourth-order valence-electron chi connectivity index (χ4n) is 3.29. The van der Waals surface area contributed by atoms with E-state index in [1.54, 1.807) is 0 Å². The predicted molar refractivity (Wildman–Crippen MR) is 80.7 cm³/mol. The van der Waals surface area contributed by atoms with Crippen LogP contribution >= 0.6 is 0 Å².